The Hall–Kier alpha value is -0.492. The van der Waals surface area contributed by atoms with Crippen LogP contribution in [-0.4, -0.2) is 10.2 Å². The zero-order chi connectivity index (χ0) is 5.98. The van der Waals surface area contributed by atoms with E-state index in [1.165, 1.54) is 12.1 Å². The van der Waals surface area contributed by atoms with Crippen LogP contribution >= 0.6 is 0 Å². The van der Waals surface area contributed by atoms with E-state index in [-0.39, 0.29) is 32.6 Å². The summed E-state index contributed by atoms with van der Waals surface area (Å²) in [6.07, 6.45) is 0. The molecule has 0 radical (unpaired) electrons. The molecule has 1 aromatic rings. The summed E-state index contributed by atoms with van der Waals surface area (Å²) in [5, 5.41) is 17.3. The normalized spacial score (nSPS) is 8.00. The Bertz CT molecular complexity index is 167. The van der Waals surface area contributed by atoms with Crippen LogP contribution in [0.15, 0.2) is 24.3 Å². The van der Waals surface area contributed by atoms with Crippen LogP contribution in [0.3, 0.4) is 0 Å². The van der Waals surface area contributed by atoms with Gasteiger partial charge in [-0.2, -0.15) is 0 Å². The molecule has 0 saturated carbocycles. The predicted octanol–water partition coefficient (Wildman–Crippen LogP) is 1.10. The van der Waals surface area contributed by atoms with Gasteiger partial charge in [-0.3, -0.25) is 0 Å². The van der Waals surface area contributed by atoms with Crippen molar-refractivity contribution in [2.75, 3.05) is 0 Å². The van der Waals surface area contributed by atoms with Crippen molar-refractivity contribution in [1.29, 1.82) is 0 Å². The zero-order valence-electron chi connectivity index (χ0n) is 4.52. The molecule has 0 spiro atoms. The molecule has 0 amide bonds. The van der Waals surface area contributed by atoms with Crippen molar-refractivity contribution in [1.82, 2.24) is 0 Å². The molecule has 3 heteroatoms. The maximum absolute atomic E-state index is 8.67. The third-order valence-corrected chi connectivity index (χ3v) is 0.882. The topological polar surface area (TPSA) is 40.5 Å². The first-order chi connectivity index (χ1) is 3.80. The minimum atomic E-state index is -0.0764. The van der Waals surface area contributed by atoms with E-state index in [1.54, 1.807) is 12.1 Å². The van der Waals surface area contributed by atoms with E-state index < -0.39 is 0 Å². The summed E-state index contributed by atoms with van der Waals surface area (Å²) in [7, 11) is 0. The second-order valence-corrected chi connectivity index (χ2v) is 1.49. The molecule has 1 rings (SSSR count). The summed E-state index contributed by atoms with van der Waals surface area (Å²) in [5.74, 6) is -0.153. The van der Waals surface area contributed by atoms with Gasteiger partial charge in [-0.15, -0.1) is 0 Å². The molecule has 0 atom stereocenters. The number of hydrogen-bond donors (Lipinski definition) is 2. The van der Waals surface area contributed by atoms with E-state index in [0.29, 0.717) is 0 Å². The fourth-order valence-electron chi connectivity index (χ4n) is 0.464. The molecular formula is C6H6O2Pt. The summed E-state index contributed by atoms with van der Waals surface area (Å²) < 4.78 is 0. The van der Waals surface area contributed by atoms with E-state index in [2.05, 4.69) is 0 Å². The zero-order valence-corrected chi connectivity index (χ0v) is 6.79. The van der Waals surface area contributed by atoms with Crippen molar-refractivity contribution in [3.8, 4) is 11.5 Å². The van der Waals surface area contributed by atoms with Gasteiger partial charge in [0.2, 0.25) is 0 Å². The minimum Gasteiger partial charge on any atom is -0.504 e. The van der Waals surface area contributed by atoms with Crippen molar-refractivity contribution in [2.45, 2.75) is 0 Å². The fraction of sp³-hybridized carbons (Fsp3) is 0. The first kappa shape index (κ1) is 8.51. The molecule has 0 bridgehead atoms. The minimum absolute atomic E-state index is 0. The monoisotopic (exact) mass is 305 g/mol. The third-order valence-electron chi connectivity index (χ3n) is 0.882. The smallest absolute Gasteiger partial charge is 0.157 e. The number of rotatable bonds is 0. The Morgan fingerprint density at radius 1 is 0.889 bits per heavy atom. The van der Waals surface area contributed by atoms with Gasteiger partial charge in [0.1, 0.15) is 0 Å². The van der Waals surface area contributed by atoms with Gasteiger partial charge in [-0.25, -0.2) is 0 Å². The van der Waals surface area contributed by atoms with Crippen LogP contribution < -0.4 is 0 Å². The molecule has 0 aliphatic carbocycles. The van der Waals surface area contributed by atoms with Gasteiger partial charge >= 0.3 is 0 Å². The maximum Gasteiger partial charge on any atom is 0.157 e. The van der Waals surface area contributed by atoms with Gasteiger partial charge in [0.05, 0.1) is 0 Å². The molecule has 0 heterocycles. The van der Waals surface area contributed by atoms with Gasteiger partial charge in [0.15, 0.2) is 11.5 Å². The van der Waals surface area contributed by atoms with Gasteiger partial charge in [-0.05, 0) is 12.1 Å². The molecule has 0 unspecified atom stereocenters. The Morgan fingerprint density at radius 2 is 1.22 bits per heavy atom. The number of phenols is 2. The second-order valence-electron chi connectivity index (χ2n) is 1.49. The van der Waals surface area contributed by atoms with E-state index in [1.807, 2.05) is 0 Å². The average Bonchev–Trinajstić information content (AvgIpc) is 1.77. The molecule has 0 saturated heterocycles. The number of para-hydroxylation sites is 2. The molecule has 2 nitrogen and oxygen atoms in total. The van der Waals surface area contributed by atoms with Crippen LogP contribution in [0, 0.1) is 0 Å². The first-order valence-electron chi connectivity index (χ1n) is 2.27. The molecule has 9 heavy (non-hydrogen) atoms. The quantitative estimate of drug-likeness (QED) is 0.705. The van der Waals surface area contributed by atoms with Crippen LogP contribution in [0.2, 0.25) is 0 Å². The molecule has 0 fully saturated rings. The van der Waals surface area contributed by atoms with Gasteiger partial charge in [0.25, 0.3) is 0 Å². The van der Waals surface area contributed by atoms with Crippen LogP contribution in [0.25, 0.3) is 0 Å². The van der Waals surface area contributed by atoms with Crippen LogP contribution in [-0.2, 0) is 21.1 Å². The number of benzene rings is 1. The van der Waals surface area contributed by atoms with Gasteiger partial charge in [0, 0.05) is 21.1 Å². The van der Waals surface area contributed by atoms with E-state index in [9.17, 15) is 0 Å². The largest absolute Gasteiger partial charge is 0.504 e. The maximum atomic E-state index is 8.67. The molecule has 2 N–H and O–H groups in total. The molecular weight excluding hydrogens is 299 g/mol. The SMILES string of the molecule is Oc1ccccc1O.[Pt]. The summed E-state index contributed by atoms with van der Waals surface area (Å²) in [6, 6.07) is 6.15. The second kappa shape index (κ2) is 3.52. The molecule has 1 aromatic carbocycles. The third kappa shape index (κ3) is 2.06. The Morgan fingerprint density at radius 3 is 1.44 bits per heavy atom. The van der Waals surface area contributed by atoms with Crippen LogP contribution in [0.5, 0.6) is 11.5 Å². The van der Waals surface area contributed by atoms with Gasteiger partial charge in [-0.1, -0.05) is 12.1 Å². The van der Waals surface area contributed by atoms with E-state index in [4.69, 9.17) is 10.2 Å². The van der Waals surface area contributed by atoms with E-state index >= 15 is 0 Å². The Kier molecular flexibility index (Phi) is 3.33. The first-order valence-corrected chi connectivity index (χ1v) is 2.27. The van der Waals surface area contributed by atoms with Crippen molar-refractivity contribution >= 4 is 0 Å². The number of phenolic OH excluding ortho intramolecular Hbond substituents is 2. The Balaban J connectivity index is 0.000000640. The fourth-order valence-corrected chi connectivity index (χ4v) is 0.464. The predicted molar refractivity (Wildman–Crippen MR) is 29.8 cm³/mol. The van der Waals surface area contributed by atoms with Gasteiger partial charge < -0.3 is 10.2 Å². The van der Waals surface area contributed by atoms with E-state index in [0.717, 1.165) is 0 Å². The standard InChI is InChI=1S/C6H6O2.Pt/c7-5-3-1-2-4-6(5)8;/h1-4,7-8H;. The molecule has 0 aliphatic rings. The van der Waals surface area contributed by atoms with Crippen molar-refractivity contribution in [2.24, 2.45) is 0 Å². The van der Waals surface area contributed by atoms with Crippen molar-refractivity contribution in [3.05, 3.63) is 24.3 Å². The summed E-state index contributed by atoms with van der Waals surface area (Å²) in [5.41, 5.74) is 0. The molecule has 0 aromatic heterocycles. The average molecular weight is 305 g/mol. The Labute approximate surface area is 67.4 Å². The van der Waals surface area contributed by atoms with Crippen molar-refractivity contribution < 1.29 is 31.3 Å². The van der Waals surface area contributed by atoms with Crippen LogP contribution in [0.1, 0.15) is 0 Å². The molecule has 0 aliphatic heterocycles. The van der Waals surface area contributed by atoms with Crippen LogP contribution in [0.4, 0.5) is 0 Å². The van der Waals surface area contributed by atoms with Crippen molar-refractivity contribution in [3.63, 3.8) is 0 Å². The summed E-state index contributed by atoms with van der Waals surface area (Å²) >= 11 is 0. The summed E-state index contributed by atoms with van der Waals surface area (Å²) in [6.45, 7) is 0. The number of aromatic hydroxyl groups is 2. The summed E-state index contributed by atoms with van der Waals surface area (Å²) in [4.78, 5) is 0. The number of hydrogen-bond acceptors (Lipinski definition) is 2. The molecule has 52 valence electrons.